The summed E-state index contributed by atoms with van der Waals surface area (Å²) in [4.78, 5) is 0. The molecule has 0 aromatic carbocycles. The van der Waals surface area contributed by atoms with Crippen molar-refractivity contribution in [3.63, 3.8) is 0 Å². The van der Waals surface area contributed by atoms with E-state index < -0.39 is 0 Å². The second-order valence-corrected chi connectivity index (χ2v) is 11.6. The van der Waals surface area contributed by atoms with E-state index in [0.717, 1.165) is 12.8 Å². The third-order valence-corrected chi connectivity index (χ3v) is 7.71. The third kappa shape index (κ3) is 47.5. The van der Waals surface area contributed by atoms with E-state index in [1.54, 1.807) is 0 Å². The van der Waals surface area contributed by atoms with Crippen molar-refractivity contribution in [3.8, 4) is 0 Å². The molecule has 0 bridgehead atoms. The average molecular weight is 651 g/mol. The zero-order valence-electron chi connectivity index (χ0n) is 26.5. The molecule has 0 radical (unpaired) electrons. The first kappa shape index (κ1) is 42.8. The van der Waals surface area contributed by atoms with Gasteiger partial charge in [-0.1, -0.05) is 206 Å². The number of rotatable bonds is 30. The van der Waals surface area contributed by atoms with Gasteiger partial charge < -0.3 is 13.8 Å². The Morgan fingerprint density at radius 2 is 0.378 bits per heavy atom. The van der Waals surface area contributed by atoms with Gasteiger partial charge in [0.2, 0.25) is 0 Å². The second kappa shape index (κ2) is 44.4. The van der Waals surface area contributed by atoms with Gasteiger partial charge >= 0.3 is 0 Å². The Kier molecular flexibility index (Phi) is 51.3. The van der Waals surface area contributed by atoms with Crippen molar-refractivity contribution < 1.29 is 40.8 Å². The number of hydrogen-bond acceptors (Lipinski definition) is 0. The molecule has 0 aromatic rings. The third-order valence-electron chi connectivity index (χ3n) is 7.71. The summed E-state index contributed by atoms with van der Waals surface area (Å²) < 4.78 is 0. The zero-order valence-corrected chi connectivity index (χ0v) is 29.7. The maximum absolute atomic E-state index is 3.88. The predicted molar refractivity (Wildman–Crippen MR) is 170 cm³/mol. The van der Waals surface area contributed by atoms with E-state index in [9.17, 15) is 0 Å². The molecule has 0 aliphatic carbocycles. The van der Waals surface area contributed by atoms with Gasteiger partial charge in [-0.15, -0.1) is 0 Å². The molecule has 0 rings (SSSR count). The van der Waals surface area contributed by atoms with E-state index in [0.29, 0.717) is 0 Å². The van der Waals surface area contributed by atoms with E-state index in [1.807, 2.05) is 0 Å². The minimum Gasteiger partial charge on any atom is -0.343 e. The van der Waals surface area contributed by atoms with E-state index in [2.05, 4.69) is 27.7 Å². The maximum atomic E-state index is 3.88. The first-order chi connectivity index (χ1) is 17.8. The number of hydrogen-bond donors (Lipinski definition) is 0. The fourth-order valence-electron chi connectivity index (χ4n) is 5.10. The van der Waals surface area contributed by atoms with Crippen molar-refractivity contribution in [2.75, 3.05) is 0 Å². The van der Waals surface area contributed by atoms with Gasteiger partial charge in [-0.3, -0.25) is 0 Å². The summed E-state index contributed by atoms with van der Waals surface area (Å²) in [5, 5.41) is 0. The molecule has 0 N–H and O–H groups in total. The van der Waals surface area contributed by atoms with E-state index in [1.165, 1.54) is 193 Å². The summed E-state index contributed by atoms with van der Waals surface area (Å²) in [7, 11) is 0. The quantitative estimate of drug-likeness (QED) is 0.0536. The van der Waals surface area contributed by atoms with E-state index in [4.69, 9.17) is 0 Å². The summed E-state index contributed by atoms with van der Waals surface area (Å²) in [5.41, 5.74) is 0. The van der Waals surface area contributed by atoms with Crippen molar-refractivity contribution in [1.29, 1.82) is 0 Å². The Hall–Kier alpha value is 1.35. The molecule has 0 atom stereocenters. The number of unbranched alkanes of at least 4 members (excludes halogenated alkanes) is 30. The molecule has 224 valence electrons. The first-order valence-corrected chi connectivity index (χ1v) is 17.4. The van der Waals surface area contributed by atoms with Gasteiger partial charge in [0.25, 0.3) is 0 Å². The van der Waals surface area contributed by atoms with Crippen LogP contribution in [-0.4, -0.2) is 0 Å². The second-order valence-electron chi connectivity index (χ2n) is 11.6. The van der Waals surface area contributed by atoms with E-state index in [-0.39, 0.29) is 40.8 Å². The molecule has 0 unspecified atom stereocenters. The van der Waals surface area contributed by atoms with Crippen molar-refractivity contribution in [2.24, 2.45) is 0 Å². The van der Waals surface area contributed by atoms with Gasteiger partial charge in [-0.25, -0.2) is 0 Å². The summed E-state index contributed by atoms with van der Waals surface area (Å²) in [5.74, 6) is 0. The topological polar surface area (TPSA) is 0 Å². The summed E-state index contributed by atoms with van der Waals surface area (Å²) >= 11 is 0. The molecule has 0 saturated carbocycles. The van der Waals surface area contributed by atoms with Crippen LogP contribution >= 0.6 is 0 Å². The average Bonchev–Trinajstić information content (AvgIpc) is 2.89. The minimum atomic E-state index is 0. The Morgan fingerprint density at radius 1 is 0.243 bits per heavy atom. The monoisotopic (exact) mass is 648 g/mol. The molecule has 0 spiro atoms. The molecule has 0 amide bonds. The van der Waals surface area contributed by atoms with Crippen LogP contribution in [0.3, 0.4) is 0 Å². The van der Waals surface area contributed by atoms with Crippen LogP contribution < -0.4 is 0 Å². The molecule has 0 saturated heterocycles. The molecule has 0 nitrogen and oxygen atoms in total. The van der Waals surface area contributed by atoms with Gasteiger partial charge in [-0.05, 0) is 0 Å². The van der Waals surface area contributed by atoms with E-state index >= 15 is 0 Å². The first-order valence-electron chi connectivity index (χ1n) is 17.4. The van der Waals surface area contributed by atoms with Crippen LogP contribution in [0.5, 0.6) is 0 Å². The fraction of sp³-hybridized carbons (Fsp3) is 0.944. The Morgan fingerprint density at radius 3 is 0.514 bits per heavy atom. The van der Waals surface area contributed by atoms with Gasteiger partial charge in [-0.2, -0.15) is 12.8 Å². The standard InChI is InChI=1S/2C18H37.Nd/c2*1-3-5-7-9-11-13-15-17-18-16-14-12-10-8-6-4-2;/h2*1,3-18H2,2H3;/q2*-1;. The van der Waals surface area contributed by atoms with Crippen LogP contribution in [0, 0.1) is 54.7 Å². The predicted octanol–water partition coefficient (Wildman–Crippen LogP) is 14.2. The van der Waals surface area contributed by atoms with Crippen molar-refractivity contribution in [3.05, 3.63) is 13.8 Å². The van der Waals surface area contributed by atoms with Crippen LogP contribution in [0.1, 0.15) is 219 Å². The maximum Gasteiger partial charge on any atom is 0 e. The van der Waals surface area contributed by atoms with Gasteiger partial charge in [0.15, 0.2) is 0 Å². The summed E-state index contributed by atoms with van der Waals surface area (Å²) in [6.45, 7) is 12.4. The Bertz CT molecular complexity index is 263. The molecule has 1 heteroatoms. The minimum absolute atomic E-state index is 0. The molecule has 0 fully saturated rings. The van der Waals surface area contributed by atoms with Crippen LogP contribution in [0.4, 0.5) is 0 Å². The molecule has 0 aromatic heterocycles. The normalized spacial score (nSPS) is 10.7. The van der Waals surface area contributed by atoms with Crippen LogP contribution in [-0.2, 0) is 0 Å². The summed E-state index contributed by atoms with van der Waals surface area (Å²) in [6, 6.07) is 0. The van der Waals surface area contributed by atoms with Crippen molar-refractivity contribution >= 4 is 0 Å². The van der Waals surface area contributed by atoms with Crippen molar-refractivity contribution in [2.45, 2.75) is 219 Å². The van der Waals surface area contributed by atoms with Gasteiger partial charge in [0, 0.05) is 40.8 Å². The molecular formula is C36H74Nd-2. The molecule has 0 heterocycles. The zero-order chi connectivity index (χ0) is 26.6. The van der Waals surface area contributed by atoms with Crippen LogP contribution in [0.15, 0.2) is 0 Å². The van der Waals surface area contributed by atoms with Crippen LogP contribution in [0.2, 0.25) is 0 Å². The largest absolute Gasteiger partial charge is 0.343 e. The van der Waals surface area contributed by atoms with Gasteiger partial charge in [0.05, 0.1) is 0 Å². The molecule has 37 heavy (non-hydrogen) atoms. The Labute approximate surface area is 272 Å². The SMILES string of the molecule is [CH2-]CCCCCCCCCCCCCCCCC.[CH2-]CCCCCCCCCCCCCCCCC.[Nd]. The van der Waals surface area contributed by atoms with Gasteiger partial charge in [0.1, 0.15) is 0 Å². The fourth-order valence-corrected chi connectivity index (χ4v) is 5.10. The molecule has 0 aliphatic heterocycles. The van der Waals surface area contributed by atoms with Crippen LogP contribution in [0.25, 0.3) is 0 Å². The smallest absolute Gasteiger partial charge is 0 e. The van der Waals surface area contributed by atoms with Crippen molar-refractivity contribution in [1.82, 2.24) is 0 Å². The molecular weight excluding hydrogens is 577 g/mol. The Balaban J connectivity index is -0.000000608. The molecule has 0 aliphatic rings. The summed E-state index contributed by atoms with van der Waals surface area (Å²) in [6.07, 6.45) is 45.6.